The van der Waals surface area contributed by atoms with Gasteiger partial charge in [0.05, 0.1) is 36.5 Å². The van der Waals surface area contributed by atoms with E-state index in [1.165, 1.54) is 4.68 Å². The molecule has 1 atom stereocenters. The summed E-state index contributed by atoms with van der Waals surface area (Å²) in [5.41, 5.74) is 2.12. The van der Waals surface area contributed by atoms with Crippen LogP contribution in [0.3, 0.4) is 0 Å². The van der Waals surface area contributed by atoms with Crippen molar-refractivity contribution in [2.75, 3.05) is 19.8 Å². The summed E-state index contributed by atoms with van der Waals surface area (Å²) in [6.45, 7) is 4.47. The average Bonchev–Trinajstić information content (AvgIpc) is 3.45. The third-order valence-electron chi connectivity index (χ3n) is 6.55. The summed E-state index contributed by atoms with van der Waals surface area (Å²) in [7, 11) is 0. The van der Waals surface area contributed by atoms with E-state index in [0.717, 1.165) is 42.0 Å². The predicted molar refractivity (Wildman–Crippen MR) is 140 cm³/mol. The third-order valence-corrected chi connectivity index (χ3v) is 6.55. The molecule has 1 aliphatic rings. The van der Waals surface area contributed by atoms with Crippen LogP contribution >= 0.6 is 0 Å². The summed E-state index contributed by atoms with van der Waals surface area (Å²) in [5, 5.41) is 5.77. The Morgan fingerprint density at radius 3 is 2.70 bits per heavy atom. The highest BCUT2D eigenvalue weighted by Crippen LogP contribution is 2.20. The van der Waals surface area contributed by atoms with Gasteiger partial charge in [-0.1, -0.05) is 36.4 Å². The Balaban J connectivity index is 1.36. The quantitative estimate of drug-likeness (QED) is 0.349. The highest BCUT2D eigenvalue weighted by Gasteiger charge is 2.19. The van der Waals surface area contributed by atoms with Crippen LogP contribution in [0, 0.1) is 12.8 Å². The second-order valence-electron chi connectivity index (χ2n) is 9.35. The maximum Gasteiger partial charge on any atom is 0.275 e. The van der Waals surface area contributed by atoms with Crippen LogP contribution in [0.25, 0.3) is 10.8 Å². The fourth-order valence-corrected chi connectivity index (χ4v) is 4.54. The number of hydrogen-bond donors (Lipinski definition) is 0. The van der Waals surface area contributed by atoms with Gasteiger partial charge in [-0.25, -0.2) is 4.68 Å². The molecule has 0 saturated carbocycles. The normalized spacial score (nSPS) is 15.1. The van der Waals surface area contributed by atoms with Crippen molar-refractivity contribution in [1.29, 1.82) is 0 Å². The van der Waals surface area contributed by atoms with E-state index in [9.17, 15) is 9.59 Å². The first kappa shape index (κ1) is 24.6. The van der Waals surface area contributed by atoms with E-state index in [1.807, 2.05) is 67.6 Å². The van der Waals surface area contributed by atoms with Crippen LogP contribution in [-0.4, -0.2) is 45.4 Å². The van der Waals surface area contributed by atoms with Gasteiger partial charge in [0.25, 0.3) is 5.56 Å². The predicted octanol–water partition coefficient (Wildman–Crippen LogP) is 3.74. The number of amides is 1. The Bertz CT molecular complexity index is 1430. The third kappa shape index (κ3) is 6.03. The fraction of sp³-hybridized carbons (Fsp3) is 0.310. The SMILES string of the molecule is Cc1nn(CC(=O)N(Cc2cccc(OC[C@@H]3CCOC3)c2)Cc2ccccn2)c(=O)c2ccccc12. The van der Waals surface area contributed by atoms with Gasteiger partial charge in [0, 0.05) is 30.7 Å². The molecule has 1 saturated heterocycles. The molecular weight excluding hydrogens is 468 g/mol. The van der Waals surface area contributed by atoms with E-state index in [0.29, 0.717) is 36.7 Å². The maximum absolute atomic E-state index is 13.6. The van der Waals surface area contributed by atoms with Crippen molar-refractivity contribution in [2.24, 2.45) is 5.92 Å². The highest BCUT2D eigenvalue weighted by atomic mass is 16.5. The molecule has 3 heterocycles. The van der Waals surface area contributed by atoms with Gasteiger partial charge in [0.1, 0.15) is 12.3 Å². The number of hydrogen-bond acceptors (Lipinski definition) is 6. The molecule has 0 N–H and O–H groups in total. The van der Waals surface area contributed by atoms with Crippen LogP contribution < -0.4 is 10.3 Å². The number of fused-ring (bicyclic) bond motifs is 1. The molecule has 0 radical (unpaired) electrons. The molecule has 1 fully saturated rings. The number of carbonyl (C=O) groups is 1. The van der Waals surface area contributed by atoms with Crippen LogP contribution in [0.4, 0.5) is 0 Å². The summed E-state index contributed by atoms with van der Waals surface area (Å²) in [5.74, 6) is 0.948. The summed E-state index contributed by atoms with van der Waals surface area (Å²) >= 11 is 0. The van der Waals surface area contributed by atoms with Crippen molar-refractivity contribution in [3.63, 3.8) is 0 Å². The highest BCUT2D eigenvalue weighted by molar-refractivity contribution is 5.83. The van der Waals surface area contributed by atoms with Crippen LogP contribution in [0.2, 0.25) is 0 Å². The minimum atomic E-state index is -0.279. The molecule has 0 bridgehead atoms. The monoisotopic (exact) mass is 498 g/mol. The fourth-order valence-electron chi connectivity index (χ4n) is 4.54. The molecule has 1 amide bonds. The van der Waals surface area contributed by atoms with Crippen molar-refractivity contribution in [3.8, 4) is 5.75 Å². The maximum atomic E-state index is 13.6. The van der Waals surface area contributed by atoms with E-state index in [-0.39, 0.29) is 18.0 Å². The van der Waals surface area contributed by atoms with E-state index < -0.39 is 0 Å². The number of benzene rings is 2. The standard InChI is InChI=1S/C29H30N4O4/c1-21-26-10-2-3-11-27(26)29(35)33(31-21)18-28(34)32(17-24-8-4-5-13-30-24)16-22-7-6-9-25(15-22)37-20-23-12-14-36-19-23/h2-11,13,15,23H,12,14,16-20H2,1H3/t23-/m1/s1. The molecule has 4 aromatic rings. The smallest absolute Gasteiger partial charge is 0.275 e. The van der Waals surface area contributed by atoms with E-state index >= 15 is 0 Å². The molecule has 8 nitrogen and oxygen atoms in total. The minimum Gasteiger partial charge on any atom is -0.493 e. The summed E-state index contributed by atoms with van der Waals surface area (Å²) in [4.78, 5) is 32.7. The Labute approximate surface area is 215 Å². The van der Waals surface area contributed by atoms with E-state index in [2.05, 4.69) is 10.1 Å². The van der Waals surface area contributed by atoms with Crippen molar-refractivity contribution in [2.45, 2.75) is 33.0 Å². The molecule has 5 rings (SSSR count). The number of aryl methyl sites for hydroxylation is 1. The van der Waals surface area contributed by atoms with Crippen LogP contribution in [0.1, 0.15) is 23.4 Å². The number of ether oxygens (including phenoxy) is 2. The molecule has 0 spiro atoms. The average molecular weight is 499 g/mol. The van der Waals surface area contributed by atoms with Crippen LogP contribution in [0.5, 0.6) is 5.75 Å². The van der Waals surface area contributed by atoms with E-state index in [1.54, 1.807) is 17.2 Å². The number of nitrogens with zero attached hydrogens (tertiary/aromatic N) is 4. The molecule has 0 unspecified atom stereocenters. The minimum absolute atomic E-state index is 0.158. The summed E-state index contributed by atoms with van der Waals surface area (Å²) in [6, 6.07) is 20.7. The Morgan fingerprint density at radius 1 is 1.08 bits per heavy atom. The molecule has 1 aliphatic heterocycles. The Morgan fingerprint density at radius 2 is 1.92 bits per heavy atom. The summed E-state index contributed by atoms with van der Waals surface area (Å²) < 4.78 is 12.7. The topological polar surface area (TPSA) is 86.6 Å². The van der Waals surface area contributed by atoms with Crippen molar-refractivity contribution < 1.29 is 14.3 Å². The first-order chi connectivity index (χ1) is 18.1. The van der Waals surface area contributed by atoms with Crippen LogP contribution in [-0.2, 0) is 29.2 Å². The van der Waals surface area contributed by atoms with Gasteiger partial charge in [0.15, 0.2) is 0 Å². The largest absolute Gasteiger partial charge is 0.493 e. The molecule has 0 aliphatic carbocycles. The first-order valence-corrected chi connectivity index (χ1v) is 12.5. The zero-order chi connectivity index (χ0) is 25.6. The lowest BCUT2D eigenvalue weighted by Gasteiger charge is -2.23. The zero-order valence-corrected chi connectivity index (χ0v) is 20.9. The summed E-state index contributed by atoms with van der Waals surface area (Å²) in [6.07, 6.45) is 2.71. The molecule has 190 valence electrons. The lowest BCUT2D eigenvalue weighted by Crippen LogP contribution is -2.37. The Kier molecular flexibility index (Phi) is 7.56. The van der Waals surface area contributed by atoms with Crippen LogP contribution in [0.15, 0.2) is 77.7 Å². The van der Waals surface area contributed by atoms with Crippen molar-refractivity contribution in [1.82, 2.24) is 19.7 Å². The van der Waals surface area contributed by atoms with Gasteiger partial charge < -0.3 is 14.4 Å². The number of aromatic nitrogens is 3. The first-order valence-electron chi connectivity index (χ1n) is 12.5. The van der Waals surface area contributed by atoms with Crippen molar-refractivity contribution in [3.05, 3.63) is 100 Å². The molecule has 8 heteroatoms. The number of rotatable bonds is 9. The van der Waals surface area contributed by atoms with E-state index in [4.69, 9.17) is 9.47 Å². The number of carbonyl (C=O) groups excluding carboxylic acids is 1. The van der Waals surface area contributed by atoms with Gasteiger partial charge in [-0.3, -0.25) is 14.6 Å². The molecule has 2 aromatic carbocycles. The van der Waals surface area contributed by atoms with Crippen molar-refractivity contribution >= 4 is 16.7 Å². The second-order valence-corrected chi connectivity index (χ2v) is 9.35. The van der Waals surface area contributed by atoms with Gasteiger partial charge in [-0.2, -0.15) is 5.10 Å². The second kappa shape index (κ2) is 11.3. The van der Waals surface area contributed by atoms with Gasteiger partial charge in [-0.05, 0) is 49.2 Å². The van der Waals surface area contributed by atoms with Gasteiger partial charge >= 0.3 is 0 Å². The Hall–Kier alpha value is -4.04. The van der Waals surface area contributed by atoms with Gasteiger partial charge in [-0.15, -0.1) is 0 Å². The molecule has 2 aromatic heterocycles. The lowest BCUT2D eigenvalue weighted by atomic mass is 10.1. The lowest BCUT2D eigenvalue weighted by molar-refractivity contribution is -0.133. The van der Waals surface area contributed by atoms with Gasteiger partial charge in [0.2, 0.25) is 5.91 Å². The number of pyridine rings is 1. The molecular formula is C29H30N4O4. The zero-order valence-electron chi connectivity index (χ0n) is 20.9. The molecule has 37 heavy (non-hydrogen) atoms.